The summed E-state index contributed by atoms with van der Waals surface area (Å²) in [6.45, 7) is 3.70. The van der Waals surface area contributed by atoms with E-state index in [-0.39, 0.29) is 6.61 Å². The van der Waals surface area contributed by atoms with Crippen LogP contribution in [0.3, 0.4) is 0 Å². The van der Waals surface area contributed by atoms with Gasteiger partial charge in [-0.3, -0.25) is 19.9 Å². The van der Waals surface area contributed by atoms with E-state index in [1.807, 2.05) is 42.5 Å². The number of rotatable bonds is 12. The fraction of sp³-hybridized carbons (Fsp3) is 0.276. The van der Waals surface area contributed by atoms with Crippen LogP contribution in [0.5, 0.6) is 0 Å². The van der Waals surface area contributed by atoms with Crippen LogP contribution >= 0.6 is 0 Å². The molecule has 1 aliphatic heterocycles. The first kappa shape index (κ1) is 26.8. The molecule has 2 heterocycles. The second kappa shape index (κ2) is 13.9. The Balaban J connectivity index is 1.32. The highest BCUT2D eigenvalue weighted by Gasteiger charge is 2.22. The van der Waals surface area contributed by atoms with Gasteiger partial charge in [-0.15, -0.1) is 0 Å². The third-order valence-electron chi connectivity index (χ3n) is 6.46. The molecule has 0 radical (unpaired) electrons. The molecule has 2 amide bonds. The lowest BCUT2D eigenvalue weighted by atomic mass is 9.97. The number of ether oxygens (including phenoxy) is 1. The third kappa shape index (κ3) is 8.16. The zero-order chi connectivity index (χ0) is 26.6. The molecule has 1 aliphatic rings. The molecule has 4 rings (SSSR count). The van der Waals surface area contributed by atoms with Crippen molar-refractivity contribution in [1.82, 2.24) is 20.7 Å². The number of alkyl carbamates (subject to hydrolysis) is 1. The van der Waals surface area contributed by atoms with Gasteiger partial charge in [-0.1, -0.05) is 48.5 Å². The van der Waals surface area contributed by atoms with Gasteiger partial charge in [0.1, 0.15) is 6.61 Å². The zero-order valence-corrected chi connectivity index (χ0v) is 21.2. The van der Waals surface area contributed by atoms with E-state index in [4.69, 9.17) is 9.94 Å². The summed E-state index contributed by atoms with van der Waals surface area (Å²) < 4.78 is 5.45. The number of benzene rings is 2. The molecule has 4 N–H and O–H groups in total. The average Bonchev–Trinajstić information content (AvgIpc) is 3.37. The number of anilines is 1. The average molecular weight is 516 g/mol. The number of amides is 2. The van der Waals surface area contributed by atoms with Crippen molar-refractivity contribution in [2.75, 3.05) is 31.6 Å². The van der Waals surface area contributed by atoms with Crippen molar-refractivity contribution < 1.29 is 19.5 Å². The van der Waals surface area contributed by atoms with Gasteiger partial charge in [0, 0.05) is 56.3 Å². The molecule has 0 bridgehead atoms. The van der Waals surface area contributed by atoms with Crippen LogP contribution in [0.15, 0.2) is 79.1 Å². The molecule has 0 fully saturated rings. The summed E-state index contributed by atoms with van der Waals surface area (Å²) >= 11 is 0. The van der Waals surface area contributed by atoms with Crippen molar-refractivity contribution in [2.45, 2.75) is 25.4 Å². The number of nitrogens with zero attached hydrogens (tertiary/aromatic N) is 2. The van der Waals surface area contributed by atoms with E-state index >= 15 is 0 Å². The number of hydrogen-bond donors (Lipinski definition) is 4. The largest absolute Gasteiger partial charge is 0.448 e. The number of hydrogen-bond acceptors (Lipinski definition) is 7. The predicted octanol–water partition coefficient (Wildman–Crippen LogP) is 3.93. The van der Waals surface area contributed by atoms with Crippen LogP contribution in [-0.4, -0.2) is 53.3 Å². The Morgan fingerprint density at radius 1 is 1.08 bits per heavy atom. The van der Waals surface area contributed by atoms with Gasteiger partial charge in [0.25, 0.3) is 5.91 Å². The Bertz CT molecular complexity index is 1220. The number of hydroxylamine groups is 1. The molecule has 0 saturated heterocycles. The normalized spacial score (nSPS) is 14.2. The monoisotopic (exact) mass is 515 g/mol. The van der Waals surface area contributed by atoms with Gasteiger partial charge in [-0.2, -0.15) is 0 Å². The van der Waals surface area contributed by atoms with Gasteiger partial charge in [-0.25, -0.2) is 10.3 Å². The fourth-order valence-corrected chi connectivity index (χ4v) is 4.42. The van der Waals surface area contributed by atoms with E-state index in [9.17, 15) is 9.59 Å². The summed E-state index contributed by atoms with van der Waals surface area (Å²) in [5, 5.41) is 14.9. The van der Waals surface area contributed by atoms with Crippen LogP contribution in [0.25, 0.3) is 6.08 Å². The van der Waals surface area contributed by atoms with E-state index in [1.165, 1.54) is 17.3 Å². The molecule has 9 heteroatoms. The van der Waals surface area contributed by atoms with Gasteiger partial charge in [0.2, 0.25) is 0 Å². The van der Waals surface area contributed by atoms with E-state index in [1.54, 1.807) is 23.9 Å². The smallest absolute Gasteiger partial charge is 0.407 e. The molecule has 0 saturated carbocycles. The molecule has 9 nitrogen and oxygen atoms in total. The first-order valence-corrected chi connectivity index (χ1v) is 12.7. The Kier molecular flexibility index (Phi) is 9.83. The maximum atomic E-state index is 12.2. The van der Waals surface area contributed by atoms with Crippen molar-refractivity contribution in [2.24, 2.45) is 0 Å². The minimum absolute atomic E-state index is 0.273. The number of aromatic nitrogens is 1. The summed E-state index contributed by atoms with van der Waals surface area (Å²) in [4.78, 5) is 29.8. The molecule has 3 aromatic rings. The second-order valence-electron chi connectivity index (χ2n) is 9.13. The quantitative estimate of drug-likeness (QED) is 0.164. The number of nitrogens with one attached hydrogen (secondary N) is 3. The summed E-state index contributed by atoms with van der Waals surface area (Å²) in [5.41, 5.74) is 7.01. The topological polar surface area (TPSA) is 116 Å². The Morgan fingerprint density at radius 2 is 1.92 bits per heavy atom. The molecule has 1 atom stereocenters. The number of fused-ring (bicyclic) bond motifs is 1. The van der Waals surface area contributed by atoms with E-state index in [0.29, 0.717) is 25.6 Å². The fourth-order valence-electron chi connectivity index (χ4n) is 4.42. The molecule has 38 heavy (non-hydrogen) atoms. The van der Waals surface area contributed by atoms with Crippen LogP contribution in [0, 0.1) is 0 Å². The van der Waals surface area contributed by atoms with Crippen LogP contribution in [0.2, 0.25) is 0 Å². The Labute approximate surface area is 222 Å². The van der Waals surface area contributed by atoms with Crippen molar-refractivity contribution in [3.63, 3.8) is 0 Å². The molecule has 1 aromatic heterocycles. The minimum atomic E-state index is -0.576. The van der Waals surface area contributed by atoms with Crippen molar-refractivity contribution in [1.29, 1.82) is 0 Å². The van der Waals surface area contributed by atoms with E-state index in [0.717, 1.165) is 36.2 Å². The molecular formula is C29H33N5O4. The lowest BCUT2D eigenvalue weighted by molar-refractivity contribution is -0.124. The highest BCUT2D eigenvalue weighted by Crippen LogP contribution is 2.33. The van der Waals surface area contributed by atoms with Crippen LogP contribution < -0.4 is 16.1 Å². The van der Waals surface area contributed by atoms with Crippen molar-refractivity contribution in [3.8, 4) is 0 Å². The predicted molar refractivity (Wildman–Crippen MR) is 145 cm³/mol. The van der Waals surface area contributed by atoms with Gasteiger partial charge < -0.3 is 15.4 Å². The first-order chi connectivity index (χ1) is 18.6. The summed E-state index contributed by atoms with van der Waals surface area (Å²) in [6.07, 6.45) is 6.83. The van der Waals surface area contributed by atoms with Crippen molar-refractivity contribution in [3.05, 3.63) is 101 Å². The third-order valence-corrected chi connectivity index (χ3v) is 6.46. The van der Waals surface area contributed by atoms with E-state index < -0.39 is 12.0 Å². The maximum absolute atomic E-state index is 12.2. The number of para-hydroxylation sites is 1. The summed E-state index contributed by atoms with van der Waals surface area (Å²) in [6, 6.07) is 20.0. The SMILES string of the molecule is O=C(/C=C/c1ccc(CN(CCOC(=O)NCc2cccnc2)CCC2CNc3ccccc32)cc1)NO. The molecule has 0 aliphatic carbocycles. The number of carbonyl (C=O) groups excluding carboxylic acids is 2. The Morgan fingerprint density at radius 3 is 2.71 bits per heavy atom. The first-order valence-electron chi connectivity index (χ1n) is 12.7. The van der Waals surface area contributed by atoms with Crippen LogP contribution in [0.1, 0.15) is 34.6 Å². The number of pyridine rings is 1. The maximum Gasteiger partial charge on any atom is 0.407 e. The van der Waals surface area contributed by atoms with Crippen LogP contribution in [-0.2, 0) is 22.6 Å². The summed E-state index contributed by atoms with van der Waals surface area (Å²) in [7, 11) is 0. The molecule has 198 valence electrons. The van der Waals surface area contributed by atoms with Gasteiger partial charge >= 0.3 is 6.09 Å². The van der Waals surface area contributed by atoms with Gasteiger partial charge in [-0.05, 0) is 53.4 Å². The standard InChI is InChI=1S/C29H33N5O4/c35-28(33-37)12-11-22-7-9-23(10-8-22)21-34(15-13-25-20-31-27-6-2-1-5-26(25)27)16-17-38-29(36)32-19-24-4-3-14-30-18-24/h1-12,14,18,25,31,37H,13,15-17,19-21H2,(H,32,36)(H,33,35)/b12-11+. The van der Waals surface area contributed by atoms with Gasteiger partial charge in [0.15, 0.2) is 0 Å². The lowest BCUT2D eigenvalue weighted by Crippen LogP contribution is -2.32. The molecule has 2 aromatic carbocycles. The van der Waals surface area contributed by atoms with Gasteiger partial charge in [0.05, 0.1) is 0 Å². The lowest BCUT2D eigenvalue weighted by Gasteiger charge is -2.24. The minimum Gasteiger partial charge on any atom is -0.448 e. The molecular weight excluding hydrogens is 482 g/mol. The van der Waals surface area contributed by atoms with Crippen molar-refractivity contribution >= 4 is 23.8 Å². The molecule has 0 spiro atoms. The highest BCUT2D eigenvalue weighted by molar-refractivity contribution is 5.90. The van der Waals surface area contributed by atoms with Crippen LogP contribution in [0.4, 0.5) is 10.5 Å². The zero-order valence-electron chi connectivity index (χ0n) is 21.2. The highest BCUT2D eigenvalue weighted by atomic mass is 16.5. The number of carbonyl (C=O) groups is 2. The second-order valence-corrected chi connectivity index (χ2v) is 9.13. The Hall–Kier alpha value is -4.21. The molecule has 1 unspecified atom stereocenters. The summed E-state index contributed by atoms with van der Waals surface area (Å²) in [5.74, 6) is -0.143. The van der Waals surface area contributed by atoms with E-state index in [2.05, 4.69) is 38.7 Å².